The van der Waals surface area contributed by atoms with Crippen LogP contribution in [-0.4, -0.2) is 27.4 Å². The minimum Gasteiger partial charge on any atom is -0.481 e. The van der Waals surface area contributed by atoms with E-state index in [1.54, 1.807) is 18.4 Å². The number of rotatable bonds is 9. The molecule has 2 aromatic carbocycles. The third-order valence-corrected chi connectivity index (χ3v) is 3.76. The Bertz CT molecular complexity index is 783. The summed E-state index contributed by atoms with van der Waals surface area (Å²) in [5.41, 5.74) is 5.02. The molecule has 0 heterocycles. The number of carbonyl (C=O) groups is 1. The van der Waals surface area contributed by atoms with Crippen molar-refractivity contribution < 1.29 is 9.53 Å². The molecule has 2 radical (unpaired) electrons. The summed E-state index contributed by atoms with van der Waals surface area (Å²) >= 11 is 0. The third-order valence-electron chi connectivity index (χ3n) is 3.76. The number of hydrogen-bond donors (Lipinski definition) is 2. The molecule has 0 fully saturated rings. The summed E-state index contributed by atoms with van der Waals surface area (Å²) in [6.45, 7) is 1.88. The van der Waals surface area contributed by atoms with E-state index in [9.17, 15) is 4.79 Å². The lowest BCUT2D eigenvalue weighted by Gasteiger charge is -2.12. The van der Waals surface area contributed by atoms with E-state index in [-0.39, 0.29) is 5.78 Å². The second kappa shape index (κ2) is 10.1. The molecule has 0 aliphatic carbocycles. The summed E-state index contributed by atoms with van der Waals surface area (Å²) in [5.74, 6) is 0.0354. The van der Waals surface area contributed by atoms with Crippen LogP contribution in [0.2, 0.25) is 0 Å². The Hall–Kier alpha value is -2.95. The number of allylic oxidation sites excluding steroid dienone is 1. The maximum atomic E-state index is 10.9. The zero-order valence-corrected chi connectivity index (χ0v) is 15.2. The van der Waals surface area contributed by atoms with E-state index in [4.69, 9.17) is 12.6 Å². The smallest absolute Gasteiger partial charge is 0.158 e. The molecule has 5 heteroatoms. The van der Waals surface area contributed by atoms with Crippen molar-refractivity contribution >= 4 is 37.2 Å². The Kier molecular flexibility index (Phi) is 7.56. The van der Waals surface area contributed by atoms with Crippen molar-refractivity contribution in [2.75, 3.05) is 24.4 Å². The lowest BCUT2D eigenvalue weighted by molar-refractivity contribution is -0.112. The summed E-state index contributed by atoms with van der Waals surface area (Å²) in [4.78, 5) is 10.9. The molecule has 0 aromatic heterocycles. The number of benzene rings is 2. The Morgan fingerprint density at radius 2 is 1.81 bits per heavy atom. The van der Waals surface area contributed by atoms with Crippen LogP contribution in [0.4, 0.5) is 11.4 Å². The Morgan fingerprint density at radius 3 is 2.42 bits per heavy atom. The zero-order valence-electron chi connectivity index (χ0n) is 15.2. The molecular weight excluding hydrogens is 323 g/mol. The van der Waals surface area contributed by atoms with E-state index in [0.717, 1.165) is 28.1 Å². The van der Waals surface area contributed by atoms with Gasteiger partial charge in [-0.15, -0.1) is 0 Å². The van der Waals surface area contributed by atoms with Gasteiger partial charge in [0.2, 0.25) is 0 Å². The summed E-state index contributed by atoms with van der Waals surface area (Å²) < 4.78 is 5.50. The molecule has 26 heavy (non-hydrogen) atoms. The number of anilines is 2. The first kappa shape index (κ1) is 19.4. The fourth-order valence-corrected chi connectivity index (χ4v) is 2.32. The highest BCUT2D eigenvalue weighted by molar-refractivity contribution is 6.09. The van der Waals surface area contributed by atoms with Crippen LogP contribution in [0, 0.1) is 0 Å². The predicted octanol–water partition coefficient (Wildman–Crippen LogP) is 4.06. The van der Waals surface area contributed by atoms with Crippen molar-refractivity contribution in [3.05, 3.63) is 71.5 Å². The monoisotopic (exact) mass is 346 g/mol. The highest BCUT2D eigenvalue weighted by Crippen LogP contribution is 2.20. The molecule has 0 spiro atoms. The normalized spacial score (nSPS) is 11.0. The molecule has 2 aromatic rings. The van der Waals surface area contributed by atoms with Gasteiger partial charge in [-0.3, -0.25) is 4.79 Å². The van der Waals surface area contributed by atoms with E-state index in [0.29, 0.717) is 13.1 Å². The first-order chi connectivity index (χ1) is 12.6. The largest absolute Gasteiger partial charge is 0.481 e. The molecule has 0 bridgehead atoms. The standard InChI is InChI=1S/C21H23BN2O2/c1-16(25)3-4-17-5-7-18(8-6-17)11-12-26-15-24-21-10-9-20(23-2)13-19(21)14-22/h3-13,23-24H,14-15H2,1-2H3. The van der Waals surface area contributed by atoms with Crippen molar-refractivity contribution in [3.8, 4) is 0 Å². The fraction of sp³-hybridized carbons (Fsp3) is 0.190. The van der Waals surface area contributed by atoms with Gasteiger partial charge in [-0.2, -0.15) is 0 Å². The van der Waals surface area contributed by atoms with Crippen molar-refractivity contribution in [3.63, 3.8) is 0 Å². The minimum absolute atomic E-state index is 0.0354. The lowest BCUT2D eigenvalue weighted by Crippen LogP contribution is -2.06. The Morgan fingerprint density at radius 1 is 1.12 bits per heavy atom. The zero-order chi connectivity index (χ0) is 18.8. The van der Waals surface area contributed by atoms with E-state index in [1.807, 2.05) is 55.6 Å². The minimum atomic E-state index is 0.0354. The van der Waals surface area contributed by atoms with Gasteiger partial charge in [0.15, 0.2) is 12.5 Å². The van der Waals surface area contributed by atoms with E-state index < -0.39 is 0 Å². The molecule has 0 aliphatic heterocycles. The average molecular weight is 346 g/mol. The van der Waals surface area contributed by atoms with Gasteiger partial charge in [0.1, 0.15) is 0 Å². The van der Waals surface area contributed by atoms with Crippen LogP contribution in [0.25, 0.3) is 12.2 Å². The van der Waals surface area contributed by atoms with Crippen LogP contribution in [0.5, 0.6) is 0 Å². The van der Waals surface area contributed by atoms with Gasteiger partial charge in [-0.1, -0.05) is 36.7 Å². The van der Waals surface area contributed by atoms with Crippen LogP contribution >= 0.6 is 0 Å². The quantitative estimate of drug-likeness (QED) is 0.236. The molecule has 0 unspecified atom stereocenters. The fourth-order valence-electron chi connectivity index (χ4n) is 2.32. The second-order valence-corrected chi connectivity index (χ2v) is 5.73. The summed E-state index contributed by atoms with van der Waals surface area (Å²) in [5, 5.41) is 6.31. The van der Waals surface area contributed by atoms with Crippen LogP contribution < -0.4 is 10.6 Å². The highest BCUT2D eigenvalue weighted by atomic mass is 16.5. The average Bonchev–Trinajstić information content (AvgIpc) is 2.67. The molecule has 0 atom stereocenters. The number of carbonyl (C=O) groups excluding carboxylic acids is 1. The lowest BCUT2D eigenvalue weighted by atomic mass is 9.95. The van der Waals surface area contributed by atoms with Crippen LogP contribution in [0.3, 0.4) is 0 Å². The van der Waals surface area contributed by atoms with Crippen LogP contribution in [0.15, 0.2) is 54.8 Å². The predicted molar refractivity (Wildman–Crippen MR) is 110 cm³/mol. The van der Waals surface area contributed by atoms with Gasteiger partial charge in [-0.05, 0) is 54.0 Å². The van der Waals surface area contributed by atoms with Crippen molar-refractivity contribution in [1.82, 2.24) is 0 Å². The Balaban J connectivity index is 1.83. The van der Waals surface area contributed by atoms with Crippen molar-refractivity contribution in [2.24, 2.45) is 0 Å². The molecular formula is C21H23BN2O2. The maximum Gasteiger partial charge on any atom is 0.158 e. The maximum absolute atomic E-state index is 10.9. The summed E-state index contributed by atoms with van der Waals surface area (Å²) in [6.07, 6.45) is 7.34. The second-order valence-electron chi connectivity index (χ2n) is 5.73. The summed E-state index contributed by atoms with van der Waals surface area (Å²) in [7, 11) is 7.66. The van der Waals surface area contributed by atoms with Crippen molar-refractivity contribution in [2.45, 2.75) is 13.2 Å². The number of ketones is 1. The highest BCUT2D eigenvalue weighted by Gasteiger charge is 2.00. The molecule has 2 rings (SSSR count). The van der Waals surface area contributed by atoms with Gasteiger partial charge in [-0.25, -0.2) is 0 Å². The molecule has 132 valence electrons. The van der Waals surface area contributed by atoms with E-state index in [2.05, 4.69) is 10.6 Å². The summed E-state index contributed by atoms with van der Waals surface area (Å²) in [6, 6.07) is 13.8. The van der Waals surface area contributed by atoms with Gasteiger partial charge < -0.3 is 15.4 Å². The van der Waals surface area contributed by atoms with Gasteiger partial charge >= 0.3 is 0 Å². The molecule has 4 nitrogen and oxygen atoms in total. The van der Waals surface area contributed by atoms with Crippen LogP contribution in [-0.2, 0) is 15.9 Å². The number of hydrogen-bond acceptors (Lipinski definition) is 4. The van der Waals surface area contributed by atoms with Gasteiger partial charge in [0.25, 0.3) is 0 Å². The van der Waals surface area contributed by atoms with E-state index in [1.165, 1.54) is 6.92 Å². The molecule has 0 aliphatic rings. The molecule has 2 N–H and O–H groups in total. The van der Waals surface area contributed by atoms with Crippen molar-refractivity contribution in [1.29, 1.82) is 0 Å². The molecule has 0 saturated carbocycles. The topological polar surface area (TPSA) is 50.4 Å². The molecule has 0 saturated heterocycles. The van der Waals surface area contributed by atoms with Gasteiger partial charge in [0.05, 0.1) is 14.1 Å². The molecule has 0 amide bonds. The van der Waals surface area contributed by atoms with E-state index >= 15 is 0 Å². The van der Waals surface area contributed by atoms with Gasteiger partial charge in [0, 0.05) is 18.4 Å². The first-order valence-corrected chi connectivity index (χ1v) is 8.44. The number of ether oxygens (including phenoxy) is 1. The van der Waals surface area contributed by atoms with Crippen LogP contribution in [0.1, 0.15) is 23.6 Å². The SMILES string of the molecule is [B]Cc1cc(NC)ccc1NCOC=Cc1ccc(C=CC(C)=O)cc1. The Labute approximate surface area is 156 Å². The first-order valence-electron chi connectivity index (χ1n) is 8.44. The third kappa shape index (κ3) is 6.17. The number of nitrogens with one attached hydrogen (secondary N) is 2.